The molecule has 0 bridgehead atoms. The minimum atomic E-state index is -0.0174. The molecule has 6 heteroatoms. The number of nitrogens with one attached hydrogen (secondary N) is 1. The number of rotatable bonds is 6. The topological polar surface area (TPSA) is 62.9 Å². The van der Waals surface area contributed by atoms with Crippen LogP contribution in [0.4, 0.5) is 5.69 Å². The normalized spacial score (nSPS) is 17.7. The largest absolute Gasteiger partial charge is 0.379 e. The highest BCUT2D eigenvalue weighted by Crippen LogP contribution is 2.20. The minimum Gasteiger partial charge on any atom is -0.379 e. The smallest absolute Gasteiger partial charge is 0.193 e. The molecule has 1 saturated heterocycles. The zero-order valence-corrected chi connectivity index (χ0v) is 18.2. The molecule has 1 aliphatic rings. The van der Waals surface area contributed by atoms with Crippen LogP contribution in [0.25, 0.3) is 0 Å². The zero-order chi connectivity index (χ0) is 17.6. The van der Waals surface area contributed by atoms with Gasteiger partial charge in [0, 0.05) is 24.3 Å². The van der Waals surface area contributed by atoms with Crippen molar-refractivity contribution < 1.29 is 4.74 Å². The van der Waals surface area contributed by atoms with Gasteiger partial charge in [0.15, 0.2) is 5.96 Å². The average Bonchev–Trinajstić information content (AvgIpc) is 2.61. The molecule has 142 valence electrons. The number of anilines is 1. The molecule has 1 heterocycles. The number of guanidine groups is 1. The first-order valence-electron chi connectivity index (χ1n) is 8.92. The first kappa shape index (κ1) is 22.2. The van der Waals surface area contributed by atoms with Crippen LogP contribution in [0, 0.1) is 0 Å². The van der Waals surface area contributed by atoms with Crippen molar-refractivity contribution in [2.75, 3.05) is 38.2 Å². The zero-order valence-electron chi connectivity index (χ0n) is 15.9. The lowest BCUT2D eigenvalue weighted by molar-refractivity contribution is -0.00680. The molecule has 2 rings (SSSR count). The van der Waals surface area contributed by atoms with Gasteiger partial charge in [-0.05, 0) is 43.9 Å². The molecule has 1 unspecified atom stereocenters. The second kappa shape index (κ2) is 10.3. The quantitative estimate of drug-likeness (QED) is 0.387. The molecule has 1 atom stereocenters. The number of hydrogen-bond acceptors (Lipinski definition) is 3. The predicted octanol–water partition coefficient (Wildman–Crippen LogP) is 3.66. The molecule has 0 radical (unpaired) electrons. The molecule has 5 nitrogen and oxygen atoms in total. The van der Waals surface area contributed by atoms with Crippen LogP contribution in [0.1, 0.15) is 45.6 Å². The number of benzene rings is 1. The summed E-state index contributed by atoms with van der Waals surface area (Å²) in [4.78, 5) is 6.95. The summed E-state index contributed by atoms with van der Waals surface area (Å²) in [6.07, 6.45) is 1.15. The van der Waals surface area contributed by atoms with Crippen LogP contribution in [0.2, 0.25) is 0 Å². The lowest BCUT2D eigenvalue weighted by Gasteiger charge is -2.39. The summed E-state index contributed by atoms with van der Waals surface area (Å²) in [5.41, 5.74) is 8.38. The summed E-state index contributed by atoms with van der Waals surface area (Å²) in [7, 11) is 0. The first-order chi connectivity index (χ1) is 11.4. The van der Waals surface area contributed by atoms with E-state index in [0.717, 1.165) is 38.4 Å². The molecule has 0 aromatic heterocycles. The van der Waals surface area contributed by atoms with Gasteiger partial charge < -0.3 is 15.8 Å². The monoisotopic (exact) mass is 460 g/mol. The van der Waals surface area contributed by atoms with Gasteiger partial charge in [0.1, 0.15) is 0 Å². The highest BCUT2D eigenvalue weighted by atomic mass is 127. The Morgan fingerprint density at radius 3 is 2.44 bits per heavy atom. The Morgan fingerprint density at radius 2 is 1.88 bits per heavy atom. The molecule has 0 aliphatic carbocycles. The second-order valence-electron chi connectivity index (χ2n) is 7.17. The Morgan fingerprint density at radius 1 is 1.28 bits per heavy atom. The molecule has 25 heavy (non-hydrogen) atoms. The highest BCUT2D eigenvalue weighted by Gasteiger charge is 2.27. The van der Waals surface area contributed by atoms with Crippen molar-refractivity contribution in [1.29, 1.82) is 0 Å². The maximum Gasteiger partial charge on any atom is 0.193 e. The molecule has 0 amide bonds. The minimum absolute atomic E-state index is 0. The van der Waals surface area contributed by atoms with Crippen molar-refractivity contribution in [3.8, 4) is 0 Å². The van der Waals surface area contributed by atoms with Gasteiger partial charge in [-0.2, -0.15) is 0 Å². The van der Waals surface area contributed by atoms with Gasteiger partial charge in [0.05, 0.1) is 19.8 Å². The number of nitrogens with two attached hydrogens (primary N) is 1. The maximum absolute atomic E-state index is 6.06. The van der Waals surface area contributed by atoms with Crippen molar-refractivity contribution in [2.24, 2.45) is 10.7 Å². The third-order valence-corrected chi connectivity index (χ3v) is 4.87. The average molecular weight is 460 g/mol. The van der Waals surface area contributed by atoms with E-state index in [1.54, 1.807) is 0 Å². The fraction of sp³-hybridized carbons (Fsp3) is 0.632. The van der Waals surface area contributed by atoms with Gasteiger partial charge in [-0.15, -0.1) is 24.0 Å². The summed E-state index contributed by atoms with van der Waals surface area (Å²) >= 11 is 0. The Labute approximate surface area is 169 Å². The summed E-state index contributed by atoms with van der Waals surface area (Å²) in [5, 5.41) is 3.19. The fourth-order valence-corrected chi connectivity index (χ4v) is 2.87. The van der Waals surface area contributed by atoms with Crippen LogP contribution in [0.15, 0.2) is 29.3 Å². The lowest BCUT2D eigenvalue weighted by Crippen LogP contribution is -2.51. The van der Waals surface area contributed by atoms with Crippen LogP contribution in [0.3, 0.4) is 0 Å². The van der Waals surface area contributed by atoms with Crippen molar-refractivity contribution >= 4 is 35.6 Å². The van der Waals surface area contributed by atoms with Crippen LogP contribution < -0.4 is 11.1 Å². The van der Waals surface area contributed by atoms with E-state index in [2.05, 4.69) is 67.2 Å². The van der Waals surface area contributed by atoms with E-state index in [1.165, 1.54) is 5.56 Å². The van der Waals surface area contributed by atoms with E-state index in [-0.39, 0.29) is 29.5 Å². The van der Waals surface area contributed by atoms with Crippen molar-refractivity contribution in [3.05, 3.63) is 29.8 Å². The maximum atomic E-state index is 6.06. The van der Waals surface area contributed by atoms with E-state index in [1.807, 2.05) is 0 Å². The van der Waals surface area contributed by atoms with Crippen LogP contribution in [0.5, 0.6) is 0 Å². The van der Waals surface area contributed by atoms with Gasteiger partial charge in [-0.1, -0.05) is 26.0 Å². The van der Waals surface area contributed by atoms with Crippen LogP contribution in [-0.2, 0) is 4.74 Å². The first-order valence-corrected chi connectivity index (χ1v) is 8.92. The van der Waals surface area contributed by atoms with Crippen molar-refractivity contribution in [1.82, 2.24) is 4.90 Å². The fourth-order valence-electron chi connectivity index (χ4n) is 2.87. The van der Waals surface area contributed by atoms with Crippen LogP contribution >= 0.6 is 24.0 Å². The van der Waals surface area contributed by atoms with E-state index < -0.39 is 0 Å². The Hall–Kier alpha value is -0.860. The number of nitrogens with zero attached hydrogens (tertiary/aromatic N) is 2. The van der Waals surface area contributed by atoms with Crippen molar-refractivity contribution in [3.63, 3.8) is 0 Å². The standard InChI is InChI=1S/C19H32N4O.HI/c1-5-15(2)16-6-8-17(9-7-16)22-18(20)21-14-19(3,4)23-10-12-24-13-11-23;/h6-9,15H,5,10-14H2,1-4H3,(H3,20,21,22);1H. The number of halogens is 1. The molecule has 0 saturated carbocycles. The molecule has 1 aromatic rings. The molecule has 0 spiro atoms. The third-order valence-electron chi connectivity index (χ3n) is 4.87. The summed E-state index contributed by atoms with van der Waals surface area (Å²) < 4.78 is 5.42. The lowest BCUT2D eigenvalue weighted by atomic mass is 9.99. The summed E-state index contributed by atoms with van der Waals surface area (Å²) in [6, 6.07) is 8.44. The Balaban J connectivity index is 0.00000312. The number of morpholine rings is 1. The molecular weight excluding hydrogens is 427 g/mol. The Kier molecular flexibility index (Phi) is 9.16. The number of hydrogen-bond donors (Lipinski definition) is 2. The van der Waals surface area contributed by atoms with Gasteiger partial charge in [-0.3, -0.25) is 9.89 Å². The Bertz CT molecular complexity index is 539. The van der Waals surface area contributed by atoms with E-state index in [9.17, 15) is 0 Å². The molecule has 3 N–H and O–H groups in total. The SMILES string of the molecule is CCC(C)c1ccc(NC(N)=NCC(C)(C)N2CCOCC2)cc1.I. The van der Waals surface area contributed by atoms with Gasteiger partial charge in [0.25, 0.3) is 0 Å². The van der Waals surface area contributed by atoms with Crippen LogP contribution in [-0.4, -0.2) is 49.2 Å². The third kappa shape index (κ3) is 6.75. The molecule has 1 fully saturated rings. The highest BCUT2D eigenvalue weighted by molar-refractivity contribution is 14.0. The predicted molar refractivity (Wildman–Crippen MR) is 117 cm³/mol. The number of ether oxygens (including phenoxy) is 1. The van der Waals surface area contributed by atoms with E-state index in [4.69, 9.17) is 10.5 Å². The van der Waals surface area contributed by atoms with E-state index in [0.29, 0.717) is 18.4 Å². The number of aliphatic imine (C=N–C) groups is 1. The summed E-state index contributed by atoms with van der Waals surface area (Å²) in [6.45, 7) is 13.0. The van der Waals surface area contributed by atoms with Gasteiger partial charge in [0.2, 0.25) is 0 Å². The second-order valence-corrected chi connectivity index (χ2v) is 7.17. The molecule has 1 aromatic carbocycles. The summed E-state index contributed by atoms with van der Waals surface area (Å²) in [5.74, 6) is 1.05. The van der Waals surface area contributed by atoms with Gasteiger partial charge >= 0.3 is 0 Å². The molecular formula is C19H33IN4O. The molecule has 1 aliphatic heterocycles. The van der Waals surface area contributed by atoms with Crippen molar-refractivity contribution in [2.45, 2.75) is 45.6 Å². The van der Waals surface area contributed by atoms with E-state index >= 15 is 0 Å². The van der Waals surface area contributed by atoms with Gasteiger partial charge in [-0.25, -0.2) is 0 Å².